The zero-order chi connectivity index (χ0) is 10.6. The first-order valence-electron chi connectivity index (χ1n) is 5.12. The molecule has 0 unspecified atom stereocenters. The molecule has 2 rings (SSSR count). The lowest BCUT2D eigenvalue weighted by atomic mass is 9.62. The minimum atomic E-state index is -0.322. The summed E-state index contributed by atoms with van der Waals surface area (Å²) < 4.78 is -0.118. The molecule has 14 heavy (non-hydrogen) atoms. The summed E-state index contributed by atoms with van der Waals surface area (Å²) in [5, 5.41) is 19.1. The fourth-order valence-electron chi connectivity index (χ4n) is 3.44. The average molecular weight is 258 g/mol. The van der Waals surface area contributed by atoms with Crippen LogP contribution >= 0.6 is 15.9 Å². The molecule has 0 radical (unpaired) electrons. The molecule has 2 nitrogen and oxygen atoms in total. The molecule has 0 aromatic carbocycles. The minimum absolute atomic E-state index is 0.0324. The SMILES string of the molecule is CC1(C)[C@H](O)[C@]2(Br)CC[C@@]1(CC#N)C2. The van der Waals surface area contributed by atoms with E-state index in [1.165, 1.54) is 0 Å². The largest absolute Gasteiger partial charge is 0.391 e. The summed E-state index contributed by atoms with van der Waals surface area (Å²) in [5.74, 6) is 0. The van der Waals surface area contributed by atoms with Crippen molar-refractivity contribution in [2.75, 3.05) is 0 Å². The Morgan fingerprint density at radius 1 is 1.50 bits per heavy atom. The minimum Gasteiger partial charge on any atom is -0.391 e. The van der Waals surface area contributed by atoms with Gasteiger partial charge in [-0.25, -0.2) is 0 Å². The van der Waals surface area contributed by atoms with Crippen LogP contribution in [0.3, 0.4) is 0 Å². The Balaban J connectivity index is 2.42. The Morgan fingerprint density at radius 3 is 2.57 bits per heavy atom. The summed E-state index contributed by atoms with van der Waals surface area (Å²) in [6.45, 7) is 4.19. The molecule has 2 fully saturated rings. The van der Waals surface area contributed by atoms with Crippen molar-refractivity contribution in [1.82, 2.24) is 0 Å². The molecule has 3 heteroatoms. The molecule has 78 valence electrons. The lowest BCUT2D eigenvalue weighted by Gasteiger charge is -2.44. The number of aliphatic hydroxyl groups excluding tert-OH is 1. The van der Waals surface area contributed by atoms with Crippen molar-refractivity contribution in [2.45, 2.75) is 50.0 Å². The van der Waals surface area contributed by atoms with Gasteiger partial charge in [0.1, 0.15) is 0 Å². The molecule has 0 spiro atoms. The van der Waals surface area contributed by atoms with Gasteiger partial charge in [-0.2, -0.15) is 5.26 Å². The van der Waals surface area contributed by atoms with Gasteiger partial charge in [-0.05, 0) is 30.1 Å². The van der Waals surface area contributed by atoms with E-state index in [2.05, 4.69) is 35.8 Å². The van der Waals surface area contributed by atoms with E-state index in [4.69, 9.17) is 5.26 Å². The van der Waals surface area contributed by atoms with Crippen molar-refractivity contribution in [1.29, 1.82) is 5.26 Å². The molecule has 0 aromatic rings. The maximum atomic E-state index is 10.2. The number of halogens is 1. The first-order valence-corrected chi connectivity index (χ1v) is 5.91. The van der Waals surface area contributed by atoms with Crippen LogP contribution in [0.15, 0.2) is 0 Å². The van der Waals surface area contributed by atoms with Gasteiger partial charge in [-0.1, -0.05) is 29.8 Å². The standard InChI is InChI=1S/C11H16BrNO/c1-9(2)8(14)11(12)4-3-10(9,7-11)5-6-13/h8,14H,3-5,7H2,1-2H3/t8-,10+,11-/m0/s1. The Kier molecular flexibility index (Phi) is 2.04. The number of hydrogen-bond acceptors (Lipinski definition) is 2. The van der Waals surface area contributed by atoms with Gasteiger partial charge in [0.05, 0.1) is 16.5 Å². The van der Waals surface area contributed by atoms with E-state index in [1.54, 1.807) is 0 Å². The molecule has 3 atom stereocenters. The normalized spacial score (nSPS) is 49.2. The Hall–Kier alpha value is -0.0700. The quantitative estimate of drug-likeness (QED) is 0.735. The monoisotopic (exact) mass is 257 g/mol. The zero-order valence-corrected chi connectivity index (χ0v) is 10.3. The topological polar surface area (TPSA) is 44.0 Å². The molecular formula is C11H16BrNO. The zero-order valence-electron chi connectivity index (χ0n) is 8.68. The highest BCUT2D eigenvalue weighted by Gasteiger charge is 2.68. The summed E-state index contributed by atoms with van der Waals surface area (Å²) in [6, 6.07) is 2.29. The van der Waals surface area contributed by atoms with Crippen LogP contribution in [0, 0.1) is 22.2 Å². The summed E-state index contributed by atoms with van der Waals surface area (Å²) in [6.07, 6.45) is 3.26. The third kappa shape index (κ3) is 0.991. The fourth-order valence-corrected chi connectivity index (χ4v) is 4.74. The molecule has 0 aromatic heterocycles. The number of hydrogen-bond donors (Lipinski definition) is 1. The number of fused-ring (bicyclic) bond motifs is 2. The molecule has 0 amide bonds. The van der Waals surface area contributed by atoms with Crippen molar-refractivity contribution in [3.63, 3.8) is 0 Å². The van der Waals surface area contributed by atoms with E-state index in [0.29, 0.717) is 6.42 Å². The third-order valence-electron chi connectivity index (χ3n) is 4.61. The highest BCUT2D eigenvalue weighted by atomic mass is 79.9. The van der Waals surface area contributed by atoms with Gasteiger partial charge in [0, 0.05) is 6.42 Å². The summed E-state index contributed by atoms with van der Waals surface area (Å²) in [5.41, 5.74) is -0.102. The van der Waals surface area contributed by atoms with E-state index >= 15 is 0 Å². The smallest absolute Gasteiger partial charge is 0.0749 e. The number of nitrogens with zero attached hydrogens (tertiary/aromatic N) is 1. The van der Waals surface area contributed by atoms with Crippen molar-refractivity contribution in [3.8, 4) is 6.07 Å². The van der Waals surface area contributed by atoms with Crippen molar-refractivity contribution < 1.29 is 5.11 Å². The van der Waals surface area contributed by atoms with Gasteiger partial charge in [0.2, 0.25) is 0 Å². The maximum absolute atomic E-state index is 10.2. The maximum Gasteiger partial charge on any atom is 0.0749 e. The molecule has 2 aliphatic carbocycles. The Labute approximate surface area is 93.4 Å². The van der Waals surface area contributed by atoms with E-state index in [9.17, 15) is 5.11 Å². The van der Waals surface area contributed by atoms with E-state index in [0.717, 1.165) is 19.3 Å². The second kappa shape index (κ2) is 2.74. The Morgan fingerprint density at radius 2 is 2.14 bits per heavy atom. The highest BCUT2D eigenvalue weighted by molar-refractivity contribution is 9.10. The van der Waals surface area contributed by atoms with Crippen LogP contribution in [0.25, 0.3) is 0 Å². The fraction of sp³-hybridized carbons (Fsp3) is 0.909. The van der Waals surface area contributed by atoms with Gasteiger partial charge in [0.15, 0.2) is 0 Å². The van der Waals surface area contributed by atoms with Crippen molar-refractivity contribution >= 4 is 15.9 Å². The van der Waals surface area contributed by atoms with E-state index < -0.39 is 0 Å². The average Bonchev–Trinajstić information content (AvgIpc) is 2.50. The molecule has 2 aliphatic rings. The molecule has 0 saturated heterocycles. The first-order chi connectivity index (χ1) is 6.38. The third-order valence-corrected chi connectivity index (χ3v) is 5.72. The molecular weight excluding hydrogens is 242 g/mol. The van der Waals surface area contributed by atoms with Gasteiger partial charge >= 0.3 is 0 Å². The van der Waals surface area contributed by atoms with Crippen LogP contribution in [-0.2, 0) is 0 Å². The van der Waals surface area contributed by atoms with Crippen LogP contribution in [0.1, 0.15) is 39.5 Å². The number of nitriles is 1. The van der Waals surface area contributed by atoms with E-state index in [-0.39, 0.29) is 21.3 Å². The summed E-state index contributed by atoms with van der Waals surface area (Å²) in [4.78, 5) is 0. The number of aliphatic hydroxyl groups is 1. The number of rotatable bonds is 1. The predicted octanol–water partition coefficient (Wildman–Crippen LogP) is 2.60. The van der Waals surface area contributed by atoms with Crippen molar-refractivity contribution in [2.24, 2.45) is 10.8 Å². The molecule has 0 aliphatic heterocycles. The van der Waals surface area contributed by atoms with Gasteiger partial charge in [-0.3, -0.25) is 0 Å². The lowest BCUT2D eigenvalue weighted by Crippen LogP contribution is -2.46. The van der Waals surface area contributed by atoms with Gasteiger partial charge < -0.3 is 5.11 Å². The lowest BCUT2D eigenvalue weighted by molar-refractivity contribution is -0.0282. The molecule has 1 N–H and O–H groups in total. The molecule has 0 heterocycles. The Bertz CT molecular complexity index is 309. The van der Waals surface area contributed by atoms with Gasteiger partial charge in [0.25, 0.3) is 0 Å². The van der Waals surface area contributed by atoms with E-state index in [1.807, 2.05) is 0 Å². The first kappa shape index (κ1) is 10.4. The summed E-state index contributed by atoms with van der Waals surface area (Å²) in [7, 11) is 0. The van der Waals surface area contributed by atoms with Crippen LogP contribution in [-0.4, -0.2) is 15.5 Å². The molecule has 2 saturated carbocycles. The second-order valence-corrected chi connectivity index (χ2v) is 7.03. The highest BCUT2D eigenvalue weighted by Crippen LogP contribution is 2.69. The van der Waals surface area contributed by atoms with Crippen LogP contribution < -0.4 is 0 Å². The summed E-state index contributed by atoms with van der Waals surface area (Å²) >= 11 is 3.67. The van der Waals surface area contributed by atoms with Crippen molar-refractivity contribution in [3.05, 3.63) is 0 Å². The van der Waals surface area contributed by atoms with Crippen LogP contribution in [0.2, 0.25) is 0 Å². The van der Waals surface area contributed by atoms with Crippen LogP contribution in [0.4, 0.5) is 0 Å². The second-order valence-electron chi connectivity index (χ2n) is 5.45. The molecule has 2 bridgehead atoms. The van der Waals surface area contributed by atoms with Crippen LogP contribution in [0.5, 0.6) is 0 Å². The predicted molar refractivity (Wildman–Crippen MR) is 58.0 cm³/mol. The van der Waals surface area contributed by atoms with Gasteiger partial charge in [-0.15, -0.1) is 0 Å². The number of alkyl halides is 1.